The van der Waals surface area contributed by atoms with Gasteiger partial charge >= 0.3 is 5.97 Å². The Kier molecular flexibility index (Phi) is 4.06. The molecule has 0 aliphatic heterocycles. The molecule has 0 aliphatic carbocycles. The number of nitrogens with zero attached hydrogens (tertiary/aromatic N) is 1. The maximum Gasteiger partial charge on any atom is 0.305 e. The van der Waals surface area contributed by atoms with Crippen molar-refractivity contribution in [3.8, 4) is 0 Å². The number of hydrogen-bond donors (Lipinski definition) is 3. The van der Waals surface area contributed by atoms with Gasteiger partial charge in [-0.1, -0.05) is 0 Å². The Morgan fingerprint density at radius 1 is 1.59 bits per heavy atom. The standard InChI is InChI=1S/C10H15N3O3S/c1-10(2,4-8(15)16)13-7(14)3-6-5-17-9(11)12-6/h5H,3-4H2,1-2H3,(H2,11,12)(H,13,14)(H,15,16). The summed E-state index contributed by atoms with van der Waals surface area (Å²) in [6, 6.07) is 0. The van der Waals surface area contributed by atoms with Gasteiger partial charge in [0.05, 0.1) is 18.5 Å². The summed E-state index contributed by atoms with van der Waals surface area (Å²) >= 11 is 1.27. The molecule has 6 nitrogen and oxygen atoms in total. The smallest absolute Gasteiger partial charge is 0.305 e. The number of rotatable bonds is 5. The van der Waals surface area contributed by atoms with Crippen LogP contribution in [0.25, 0.3) is 0 Å². The molecule has 4 N–H and O–H groups in total. The number of carbonyl (C=O) groups is 2. The van der Waals surface area contributed by atoms with Crippen molar-refractivity contribution in [2.24, 2.45) is 0 Å². The van der Waals surface area contributed by atoms with Gasteiger partial charge in [-0.25, -0.2) is 4.98 Å². The van der Waals surface area contributed by atoms with Crippen LogP contribution >= 0.6 is 11.3 Å². The fourth-order valence-electron chi connectivity index (χ4n) is 1.41. The van der Waals surface area contributed by atoms with Crippen molar-refractivity contribution in [2.45, 2.75) is 32.2 Å². The molecular weight excluding hydrogens is 242 g/mol. The van der Waals surface area contributed by atoms with Crippen LogP contribution in [-0.4, -0.2) is 27.5 Å². The van der Waals surface area contributed by atoms with Gasteiger partial charge in [0.15, 0.2) is 5.13 Å². The first kappa shape index (κ1) is 13.4. The van der Waals surface area contributed by atoms with E-state index in [2.05, 4.69) is 10.3 Å². The minimum absolute atomic E-state index is 0.108. The molecular formula is C10H15N3O3S. The number of carboxylic acid groups (broad SMARTS) is 1. The lowest BCUT2D eigenvalue weighted by Gasteiger charge is -2.23. The van der Waals surface area contributed by atoms with Crippen LogP contribution in [-0.2, 0) is 16.0 Å². The molecule has 94 valence electrons. The van der Waals surface area contributed by atoms with Gasteiger partial charge in [0.2, 0.25) is 5.91 Å². The number of aromatic nitrogens is 1. The van der Waals surface area contributed by atoms with E-state index < -0.39 is 11.5 Å². The number of thiazole rings is 1. The zero-order chi connectivity index (χ0) is 13.1. The molecule has 7 heteroatoms. The van der Waals surface area contributed by atoms with Crippen LogP contribution in [0.15, 0.2) is 5.38 Å². The number of amides is 1. The van der Waals surface area contributed by atoms with E-state index in [0.717, 1.165) is 0 Å². The maximum absolute atomic E-state index is 11.6. The van der Waals surface area contributed by atoms with Crippen molar-refractivity contribution in [2.75, 3.05) is 5.73 Å². The molecule has 0 saturated carbocycles. The summed E-state index contributed by atoms with van der Waals surface area (Å²) in [4.78, 5) is 26.2. The molecule has 0 aliphatic rings. The summed E-state index contributed by atoms with van der Waals surface area (Å²) in [6.45, 7) is 3.32. The van der Waals surface area contributed by atoms with Crippen LogP contribution in [0, 0.1) is 0 Å². The number of hydrogen-bond acceptors (Lipinski definition) is 5. The highest BCUT2D eigenvalue weighted by molar-refractivity contribution is 7.13. The summed E-state index contributed by atoms with van der Waals surface area (Å²) in [6.07, 6.45) is -0.0192. The highest BCUT2D eigenvalue weighted by atomic mass is 32.1. The quantitative estimate of drug-likeness (QED) is 0.717. The van der Waals surface area contributed by atoms with Gasteiger partial charge < -0.3 is 16.2 Å². The lowest BCUT2D eigenvalue weighted by Crippen LogP contribution is -2.45. The Labute approximate surface area is 103 Å². The fraction of sp³-hybridized carbons (Fsp3) is 0.500. The van der Waals surface area contributed by atoms with Crippen molar-refractivity contribution in [3.05, 3.63) is 11.1 Å². The number of aliphatic carboxylic acids is 1. The van der Waals surface area contributed by atoms with Crippen molar-refractivity contribution < 1.29 is 14.7 Å². The summed E-state index contributed by atoms with van der Waals surface area (Å²) in [5.74, 6) is -1.21. The predicted octanol–water partition coefficient (Wildman–Crippen LogP) is 0.637. The van der Waals surface area contributed by atoms with Crippen molar-refractivity contribution in [1.29, 1.82) is 0 Å². The van der Waals surface area contributed by atoms with Crippen molar-refractivity contribution >= 4 is 28.3 Å². The molecule has 0 bridgehead atoms. The molecule has 0 unspecified atom stereocenters. The second-order valence-electron chi connectivity index (χ2n) is 4.36. The third-order valence-electron chi connectivity index (χ3n) is 1.98. The number of anilines is 1. The first-order chi connectivity index (χ1) is 7.78. The highest BCUT2D eigenvalue weighted by Gasteiger charge is 2.24. The summed E-state index contributed by atoms with van der Waals surface area (Å²) < 4.78 is 0. The number of carbonyl (C=O) groups excluding carboxylic acids is 1. The molecule has 0 fully saturated rings. The van der Waals surface area contributed by atoms with Gasteiger partial charge in [-0.2, -0.15) is 0 Å². The Morgan fingerprint density at radius 3 is 2.71 bits per heavy atom. The minimum atomic E-state index is -0.951. The third-order valence-corrected chi connectivity index (χ3v) is 2.70. The average Bonchev–Trinajstić information content (AvgIpc) is 2.46. The van der Waals surface area contributed by atoms with E-state index in [0.29, 0.717) is 10.8 Å². The molecule has 1 aromatic heterocycles. The van der Waals surface area contributed by atoms with Gasteiger partial charge in [-0.05, 0) is 13.8 Å². The van der Waals surface area contributed by atoms with E-state index in [1.54, 1.807) is 19.2 Å². The van der Waals surface area contributed by atoms with Crippen LogP contribution in [0.4, 0.5) is 5.13 Å². The number of carboxylic acids is 1. The first-order valence-corrected chi connectivity index (χ1v) is 5.89. The first-order valence-electron chi connectivity index (χ1n) is 5.01. The van der Waals surface area contributed by atoms with E-state index in [4.69, 9.17) is 10.8 Å². The monoisotopic (exact) mass is 257 g/mol. The molecule has 1 heterocycles. The van der Waals surface area contributed by atoms with Crippen LogP contribution in [0.5, 0.6) is 0 Å². The van der Waals surface area contributed by atoms with Crippen molar-refractivity contribution in [3.63, 3.8) is 0 Å². The molecule has 0 radical (unpaired) electrons. The molecule has 0 aromatic carbocycles. The van der Waals surface area contributed by atoms with Crippen molar-refractivity contribution in [1.82, 2.24) is 10.3 Å². The highest BCUT2D eigenvalue weighted by Crippen LogP contribution is 2.13. The predicted molar refractivity (Wildman–Crippen MR) is 64.7 cm³/mol. The number of nitrogen functional groups attached to an aromatic ring is 1. The molecule has 0 atom stereocenters. The summed E-state index contributed by atoms with van der Waals surface area (Å²) in [5, 5.41) is 13.4. The van der Waals surface area contributed by atoms with E-state index in [1.165, 1.54) is 11.3 Å². The van der Waals surface area contributed by atoms with Crippen LogP contribution < -0.4 is 11.1 Å². The minimum Gasteiger partial charge on any atom is -0.481 e. The van der Waals surface area contributed by atoms with E-state index in [-0.39, 0.29) is 18.7 Å². The number of nitrogens with two attached hydrogens (primary N) is 1. The molecule has 1 rings (SSSR count). The van der Waals surface area contributed by atoms with E-state index >= 15 is 0 Å². The topological polar surface area (TPSA) is 105 Å². The average molecular weight is 257 g/mol. The molecule has 1 aromatic rings. The largest absolute Gasteiger partial charge is 0.481 e. The van der Waals surface area contributed by atoms with Gasteiger partial charge in [0, 0.05) is 10.9 Å². The van der Waals surface area contributed by atoms with Gasteiger partial charge in [0.25, 0.3) is 0 Å². The number of nitrogens with one attached hydrogen (secondary N) is 1. The zero-order valence-electron chi connectivity index (χ0n) is 9.69. The molecule has 17 heavy (non-hydrogen) atoms. The molecule has 1 amide bonds. The fourth-order valence-corrected chi connectivity index (χ4v) is 1.97. The summed E-state index contributed by atoms with van der Waals surface area (Å²) in [7, 11) is 0. The lowest BCUT2D eigenvalue weighted by molar-refractivity contribution is -0.138. The van der Waals surface area contributed by atoms with Crippen LogP contribution in [0.3, 0.4) is 0 Å². The zero-order valence-corrected chi connectivity index (χ0v) is 10.5. The Hall–Kier alpha value is -1.63. The summed E-state index contributed by atoms with van der Waals surface area (Å²) in [5.41, 5.74) is 5.27. The Morgan fingerprint density at radius 2 is 2.24 bits per heavy atom. The van der Waals surface area contributed by atoms with Crippen LogP contribution in [0.1, 0.15) is 26.0 Å². The van der Waals surface area contributed by atoms with Crippen LogP contribution in [0.2, 0.25) is 0 Å². The van der Waals surface area contributed by atoms with Gasteiger partial charge in [-0.3, -0.25) is 9.59 Å². The van der Waals surface area contributed by atoms with E-state index in [1.807, 2.05) is 0 Å². The maximum atomic E-state index is 11.6. The lowest BCUT2D eigenvalue weighted by atomic mass is 10.0. The van der Waals surface area contributed by atoms with Gasteiger partial charge in [-0.15, -0.1) is 11.3 Å². The van der Waals surface area contributed by atoms with E-state index in [9.17, 15) is 9.59 Å². The van der Waals surface area contributed by atoms with Gasteiger partial charge in [0.1, 0.15) is 0 Å². The Bertz CT molecular complexity index is 428. The molecule has 0 spiro atoms. The normalized spacial score (nSPS) is 11.2. The second-order valence-corrected chi connectivity index (χ2v) is 5.25. The SMILES string of the molecule is CC(C)(CC(=O)O)NC(=O)Cc1csc(N)n1. The second kappa shape index (κ2) is 5.13. The molecule has 0 saturated heterocycles. The third kappa shape index (κ3) is 4.81. The Balaban J connectivity index is 2.52.